The summed E-state index contributed by atoms with van der Waals surface area (Å²) >= 11 is 0. The maximum absolute atomic E-state index is 15.3. The summed E-state index contributed by atoms with van der Waals surface area (Å²) in [5.74, 6) is -3.31. The zero-order valence-corrected chi connectivity index (χ0v) is 31.8. The van der Waals surface area contributed by atoms with E-state index in [0.717, 1.165) is 63.5 Å². The van der Waals surface area contributed by atoms with Crippen molar-refractivity contribution in [2.75, 3.05) is 41.7 Å². The van der Waals surface area contributed by atoms with Gasteiger partial charge in [-0.1, -0.05) is 78.4 Å². The number of benzene rings is 3. The minimum absolute atomic E-state index is 0.341. The minimum atomic E-state index is -1.54. The smallest absolute Gasteiger partial charge is 0.203 e. The molecule has 0 aliphatic heterocycles. The molecular weight excluding hydrogens is 676 g/mol. The van der Waals surface area contributed by atoms with Gasteiger partial charge in [-0.25, -0.2) is 17.6 Å². The zero-order valence-electron chi connectivity index (χ0n) is 31.8. The molecule has 3 rings (SSSR count). The summed E-state index contributed by atoms with van der Waals surface area (Å²) in [6.45, 7) is 9.44. The topological polar surface area (TPSA) is 55.4 Å². The standard InChI is InChI=1S/C42H54F4O6/c1-9-13-15-27(11-3)25-51-41-33(47-5)21-29(22-34(41)48-6)17-19-31-37(43)39(45)32(40(46)38(31)44)20-18-30-23-35(49-7)42(36(24-30)50-8)52-26-28(12-4)16-14-10-2/h17-24,27-28H,9-16,25-26H2,1-8H3/b19-17+,20-18+. The van der Waals surface area contributed by atoms with Gasteiger partial charge in [-0.2, -0.15) is 0 Å². The molecule has 2 atom stereocenters. The predicted octanol–water partition coefficient (Wildman–Crippen LogP) is 11.8. The number of rotatable bonds is 22. The van der Waals surface area contributed by atoms with Crippen molar-refractivity contribution in [1.29, 1.82) is 0 Å². The molecule has 0 bridgehead atoms. The van der Waals surface area contributed by atoms with Crippen LogP contribution in [0.5, 0.6) is 34.5 Å². The second-order valence-corrected chi connectivity index (χ2v) is 12.7. The fourth-order valence-electron chi connectivity index (χ4n) is 5.79. The Morgan fingerprint density at radius 2 is 0.808 bits per heavy atom. The van der Waals surface area contributed by atoms with Crippen LogP contribution in [-0.2, 0) is 0 Å². The Balaban J connectivity index is 1.90. The first-order chi connectivity index (χ1) is 25.1. The average molecular weight is 731 g/mol. The molecule has 52 heavy (non-hydrogen) atoms. The van der Waals surface area contributed by atoms with Crippen molar-refractivity contribution < 1.29 is 46.0 Å². The van der Waals surface area contributed by atoms with E-state index >= 15 is 17.6 Å². The first-order valence-electron chi connectivity index (χ1n) is 18.1. The Hall–Kier alpha value is -4.34. The largest absolute Gasteiger partial charge is 0.493 e. The lowest BCUT2D eigenvalue weighted by atomic mass is 10.0. The first kappa shape index (κ1) is 42.1. The van der Waals surface area contributed by atoms with Crippen molar-refractivity contribution in [3.05, 3.63) is 69.8 Å². The van der Waals surface area contributed by atoms with Gasteiger partial charge in [0.05, 0.1) is 52.8 Å². The molecule has 0 aliphatic rings. The monoisotopic (exact) mass is 730 g/mol. The Morgan fingerprint density at radius 3 is 1.06 bits per heavy atom. The minimum Gasteiger partial charge on any atom is -0.493 e. The van der Waals surface area contributed by atoms with Crippen LogP contribution in [0, 0.1) is 35.1 Å². The summed E-state index contributed by atoms with van der Waals surface area (Å²) in [7, 11) is 5.85. The number of hydrogen-bond acceptors (Lipinski definition) is 6. The van der Waals surface area contributed by atoms with Crippen LogP contribution >= 0.6 is 0 Å². The van der Waals surface area contributed by atoms with E-state index in [4.69, 9.17) is 28.4 Å². The predicted molar refractivity (Wildman–Crippen MR) is 201 cm³/mol. The number of hydrogen-bond donors (Lipinski definition) is 0. The summed E-state index contributed by atoms with van der Waals surface area (Å²) < 4.78 is 95.7. The molecule has 3 aromatic rings. The van der Waals surface area contributed by atoms with E-state index in [9.17, 15) is 0 Å². The van der Waals surface area contributed by atoms with Crippen LogP contribution in [-0.4, -0.2) is 41.7 Å². The molecule has 0 aliphatic carbocycles. The third-order valence-corrected chi connectivity index (χ3v) is 9.20. The van der Waals surface area contributed by atoms with Crippen LogP contribution in [0.4, 0.5) is 17.6 Å². The van der Waals surface area contributed by atoms with Crippen LogP contribution in [0.15, 0.2) is 24.3 Å². The summed E-state index contributed by atoms with van der Waals surface area (Å²) in [5, 5.41) is 0. The van der Waals surface area contributed by atoms with Gasteiger partial charge in [0.1, 0.15) is 0 Å². The molecular formula is C42H54F4O6. The van der Waals surface area contributed by atoms with Gasteiger partial charge in [0, 0.05) is 0 Å². The van der Waals surface area contributed by atoms with Crippen molar-refractivity contribution >= 4 is 24.3 Å². The Bertz CT molecular complexity index is 1450. The number of halogens is 4. The third-order valence-electron chi connectivity index (χ3n) is 9.20. The first-order valence-corrected chi connectivity index (χ1v) is 18.1. The Labute approximate surface area is 306 Å². The highest BCUT2D eigenvalue weighted by molar-refractivity contribution is 5.76. The maximum Gasteiger partial charge on any atom is 0.203 e. The second kappa shape index (κ2) is 21.2. The van der Waals surface area contributed by atoms with E-state index in [2.05, 4.69) is 27.7 Å². The second-order valence-electron chi connectivity index (χ2n) is 12.7. The van der Waals surface area contributed by atoms with Gasteiger partial charge in [-0.05, 0) is 72.2 Å². The average Bonchev–Trinajstić information content (AvgIpc) is 3.16. The molecule has 2 unspecified atom stereocenters. The SMILES string of the molecule is CCCCC(CC)COc1c(OC)cc(/C=C/c2c(F)c(F)c(/C=C/c3cc(OC)c(OCC(CC)CCCC)c(OC)c3)c(F)c2F)cc1OC. The number of unbranched alkanes of at least 4 members (excludes halogenated alkanes) is 2. The van der Waals surface area contributed by atoms with Crippen LogP contribution in [0.25, 0.3) is 24.3 Å². The lowest BCUT2D eigenvalue weighted by Crippen LogP contribution is -2.12. The molecule has 0 fully saturated rings. The van der Waals surface area contributed by atoms with Crippen LogP contribution in [0.1, 0.15) is 101 Å². The highest BCUT2D eigenvalue weighted by Crippen LogP contribution is 2.41. The van der Waals surface area contributed by atoms with Gasteiger partial charge >= 0.3 is 0 Å². The third kappa shape index (κ3) is 10.8. The molecule has 3 aromatic carbocycles. The van der Waals surface area contributed by atoms with Gasteiger partial charge in [-0.15, -0.1) is 0 Å². The summed E-state index contributed by atoms with van der Waals surface area (Å²) in [6.07, 6.45) is 12.9. The Morgan fingerprint density at radius 1 is 0.500 bits per heavy atom. The highest BCUT2D eigenvalue weighted by atomic mass is 19.2. The van der Waals surface area contributed by atoms with Crippen LogP contribution in [0.2, 0.25) is 0 Å². The molecule has 0 amide bonds. The summed E-state index contributed by atoms with van der Waals surface area (Å²) in [5.41, 5.74) is -0.934. The van der Waals surface area contributed by atoms with Crippen LogP contribution < -0.4 is 28.4 Å². The summed E-state index contributed by atoms with van der Waals surface area (Å²) in [6, 6.07) is 6.37. The number of methoxy groups -OCH3 is 4. The van der Waals surface area contributed by atoms with Crippen molar-refractivity contribution in [1.82, 2.24) is 0 Å². The molecule has 286 valence electrons. The normalized spacial score (nSPS) is 12.7. The van der Waals surface area contributed by atoms with E-state index in [1.165, 1.54) is 40.6 Å². The van der Waals surface area contributed by atoms with Gasteiger partial charge in [0.15, 0.2) is 46.3 Å². The fraction of sp³-hybridized carbons (Fsp3) is 0.476. The quantitative estimate of drug-likeness (QED) is 0.0583. The molecule has 0 saturated carbocycles. The molecule has 0 N–H and O–H groups in total. The molecule has 0 spiro atoms. The molecule has 0 aromatic heterocycles. The lowest BCUT2D eigenvalue weighted by molar-refractivity contribution is 0.215. The van der Waals surface area contributed by atoms with E-state index in [0.29, 0.717) is 70.7 Å². The zero-order chi connectivity index (χ0) is 38.2. The van der Waals surface area contributed by atoms with E-state index < -0.39 is 34.4 Å². The number of ether oxygens (including phenoxy) is 6. The van der Waals surface area contributed by atoms with Crippen molar-refractivity contribution in [3.63, 3.8) is 0 Å². The van der Waals surface area contributed by atoms with E-state index in [-0.39, 0.29) is 0 Å². The molecule has 0 saturated heterocycles. The fourth-order valence-corrected chi connectivity index (χ4v) is 5.79. The van der Waals surface area contributed by atoms with Crippen molar-refractivity contribution in [3.8, 4) is 34.5 Å². The lowest BCUT2D eigenvalue weighted by Gasteiger charge is -2.19. The van der Waals surface area contributed by atoms with Gasteiger partial charge in [-0.3, -0.25) is 0 Å². The van der Waals surface area contributed by atoms with Crippen LogP contribution in [0.3, 0.4) is 0 Å². The van der Waals surface area contributed by atoms with Crippen molar-refractivity contribution in [2.24, 2.45) is 11.8 Å². The molecule has 0 heterocycles. The summed E-state index contributed by atoms with van der Waals surface area (Å²) in [4.78, 5) is 0. The molecule has 0 radical (unpaired) electrons. The van der Waals surface area contributed by atoms with Crippen molar-refractivity contribution in [2.45, 2.75) is 79.1 Å². The maximum atomic E-state index is 15.3. The van der Waals surface area contributed by atoms with E-state index in [1.807, 2.05) is 0 Å². The Kier molecular flexibility index (Phi) is 17.2. The highest BCUT2D eigenvalue weighted by Gasteiger charge is 2.24. The molecule has 10 heteroatoms. The van der Waals surface area contributed by atoms with Gasteiger partial charge < -0.3 is 28.4 Å². The van der Waals surface area contributed by atoms with Gasteiger partial charge in [0.25, 0.3) is 0 Å². The van der Waals surface area contributed by atoms with E-state index in [1.54, 1.807) is 24.3 Å². The van der Waals surface area contributed by atoms with Gasteiger partial charge in [0.2, 0.25) is 11.5 Å². The molecule has 6 nitrogen and oxygen atoms in total.